The molecule has 0 spiro atoms. The Morgan fingerprint density at radius 3 is 2.44 bits per heavy atom. The van der Waals surface area contributed by atoms with E-state index in [9.17, 15) is 14.4 Å². The molecule has 0 atom stereocenters. The summed E-state index contributed by atoms with van der Waals surface area (Å²) in [7, 11) is 1.60. The molecule has 2 aromatic heterocycles. The Hall–Kier alpha value is -2.58. The van der Waals surface area contributed by atoms with Gasteiger partial charge in [0, 0.05) is 46.2 Å². The molecule has 1 amide bonds. The average molecular weight is 348 g/mol. The zero-order valence-corrected chi connectivity index (χ0v) is 14.9. The Labute approximate surface area is 144 Å². The van der Waals surface area contributed by atoms with Gasteiger partial charge in [-0.3, -0.25) is 19.1 Å². The summed E-state index contributed by atoms with van der Waals surface area (Å²) < 4.78 is 3.19. The lowest BCUT2D eigenvalue weighted by Crippen LogP contribution is -2.49. The number of hydrogen-bond donors (Lipinski definition) is 1. The van der Waals surface area contributed by atoms with Gasteiger partial charge < -0.3 is 14.4 Å². The highest BCUT2D eigenvalue weighted by molar-refractivity contribution is 5.77. The van der Waals surface area contributed by atoms with Crippen molar-refractivity contribution in [3.8, 4) is 0 Å². The van der Waals surface area contributed by atoms with Crippen molar-refractivity contribution >= 4 is 23.0 Å². The largest absolute Gasteiger partial charge is 0.339 e. The molecule has 25 heavy (non-hydrogen) atoms. The summed E-state index contributed by atoms with van der Waals surface area (Å²) in [6.07, 6.45) is 1.42. The second kappa shape index (κ2) is 6.73. The number of nitrogens with one attached hydrogen (secondary N) is 1. The Bertz CT molecular complexity index is 901. The predicted molar refractivity (Wildman–Crippen MR) is 95.0 cm³/mol. The molecule has 1 N–H and O–H groups in total. The first-order valence-electron chi connectivity index (χ1n) is 8.70. The van der Waals surface area contributed by atoms with Crippen molar-refractivity contribution in [1.82, 2.24) is 24.0 Å². The van der Waals surface area contributed by atoms with Crippen LogP contribution in [0.4, 0.5) is 5.95 Å². The summed E-state index contributed by atoms with van der Waals surface area (Å²) in [4.78, 5) is 46.9. The maximum Gasteiger partial charge on any atom is 0.329 e. The molecule has 3 heterocycles. The summed E-state index contributed by atoms with van der Waals surface area (Å²) in [5.41, 5.74) is -0.102. The highest BCUT2D eigenvalue weighted by Crippen LogP contribution is 2.20. The van der Waals surface area contributed by atoms with Gasteiger partial charge in [0.05, 0.1) is 0 Å². The van der Waals surface area contributed by atoms with Crippen molar-refractivity contribution in [1.29, 1.82) is 0 Å². The Kier molecular flexibility index (Phi) is 4.65. The van der Waals surface area contributed by atoms with E-state index < -0.39 is 11.2 Å². The summed E-state index contributed by atoms with van der Waals surface area (Å²) >= 11 is 0. The number of carbonyl (C=O) groups is 1. The van der Waals surface area contributed by atoms with E-state index in [2.05, 4.69) is 14.9 Å². The van der Waals surface area contributed by atoms with Crippen molar-refractivity contribution < 1.29 is 4.79 Å². The van der Waals surface area contributed by atoms with Crippen molar-refractivity contribution in [2.24, 2.45) is 7.05 Å². The fourth-order valence-corrected chi connectivity index (χ4v) is 3.29. The van der Waals surface area contributed by atoms with E-state index in [1.165, 1.54) is 4.57 Å². The van der Waals surface area contributed by atoms with Crippen LogP contribution in [0, 0.1) is 0 Å². The lowest BCUT2D eigenvalue weighted by molar-refractivity contribution is -0.131. The molecule has 0 unspecified atom stereocenters. The molecule has 1 fully saturated rings. The van der Waals surface area contributed by atoms with Crippen LogP contribution in [0.5, 0.6) is 0 Å². The smallest absolute Gasteiger partial charge is 0.329 e. The number of rotatable bonds is 4. The molecule has 3 rings (SSSR count). The molecule has 1 aliphatic heterocycles. The number of piperazine rings is 1. The van der Waals surface area contributed by atoms with Gasteiger partial charge in [-0.15, -0.1) is 0 Å². The minimum atomic E-state index is -0.472. The maximum absolute atomic E-state index is 12.2. The minimum Gasteiger partial charge on any atom is -0.339 e. The monoisotopic (exact) mass is 348 g/mol. The number of hydrogen-bond acceptors (Lipinski definition) is 5. The number of H-pyrrole nitrogens is 1. The Morgan fingerprint density at radius 2 is 1.84 bits per heavy atom. The standard InChI is InChI=1S/C16H24N6O3/c1-4-6-11(23)20-7-9-21(10-8-20)15-17-13-12(22(15)5-2)14(24)18-16(25)19(13)3/h4-10H2,1-3H3,(H,18,24,25). The van der Waals surface area contributed by atoms with E-state index in [1.807, 2.05) is 23.3 Å². The summed E-state index contributed by atoms with van der Waals surface area (Å²) in [6, 6.07) is 0. The highest BCUT2D eigenvalue weighted by atomic mass is 16.2. The number of nitrogens with zero attached hydrogens (tertiary/aromatic N) is 5. The third-order valence-electron chi connectivity index (χ3n) is 4.68. The van der Waals surface area contributed by atoms with Crippen LogP contribution in [-0.4, -0.2) is 56.1 Å². The average Bonchev–Trinajstić information content (AvgIpc) is 3.00. The third-order valence-corrected chi connectivity index (χ3v) is 4.68. The molecule has 0 bridgehead atoms. The van der Waals surface area contributed by atoms with E-state index in [0.29, 0.717) is 56.3 Å². The van der Waals surface area contributed by atoms with Gasteiger partial charge >= 0.3 is 5.69 Å². The Balaban J connectivity index is 1.94. The molecule has 9 heteroatoms. The molecule has 0 saturated carbocycles. The third kappa shape index (κ3) is 2.94. The highest BCUT2D eigenvalue weighted by Gasteiger charge is 2.25. The molecule has 0 radical (unpaired) electrons. The van der Waals surface area contributed by atoms with Crippen LogP contribution in [0.15, 0.2) is 9.59 Å². The summed E-state index contributed by atoms with van der Waals surface area (Å²) in [5.74, 6) is 0.858. The van der Waals surface area contributed by atoms with Gasteiger partial charge in [-0.1, -0.05) is 6.92 Å². The number of aromatic amines is 1. The van der Waals surface area contributed by atoms with Crippen LogP contribution in [0.3, 0.4) is 0 Å². The molecule has 136 valence electrons. The van der Waals surface area contributed by atoms with Crippen LogP contribution in [0.25, 0.3) is 11.2 Å². The fraction of sp³-hybridized carbons (Fsp3) is 0.625. The maximum atomic E-state index is 12.2. The second-order valence-corrected chi connectivity index (χ2v) is 6.26. The first-order valence-corrected chi connectivity index (χ1v) is 8.70. The fourth-order valence-electron chi connectivity index (χ4n) is 3.29. The van der Waals surface area contributed by atoms with E-state index in [4.69, 9.17) is 0 Å². The summed E-state index contributed by atoms with van der Waals surface area (Å²) in [5, 5.41) is 0. The minimum absolute atomic E-state index is 0.185. The van der Waals surface area contributed by atoms with Crippen LogP contribution < -0.4 is 16.1 Å². The van der Waals surface area contributed by atoms with Crippen molar-refractivity contribution in [2.45, 2.75) is 33.2 Å². The van der Waals surface area contributed by atoms with Crippen LogP contribution in [0.1, 0.15) is 26.7 Å². The summed E-state index contributed by atoms with van der Waals surface area (Å²) in [6.45, 7) is 7.11. The molecular weight excluding hydrogens is 324 g/mol. The van der Waals surface area contributed by atoms with Crippen molar-refractivity contribution in [2.75, 3.05) is 31.1 Å². The SMILES string of the molecule is CCCC(=O)N1CCN(c2nc3c(c(=O)[nH]c(=O)n3C)n2CC)CC1. The quantitative estimate of drug-likeness (QED) is 0.832. The van der Waals surface area contributed by atoms with Crippen LogP contribution >= 0.6 is 0 Å². The lowest BCUT2D eigenvalue weighted by Gasteiger charge is -2.35. The number of aryl methyl sites for hydroxylation is 2. The topological polar surface area (TPSA) is 96.2 Å². The first-order chi connectivity index (χ1) is 12.0. The van der Waals surface area contributed by atoms with Gasteiger partial charge in [-0.25, -0.2) is 4.79 Å². The van der Waals surface area contributed by atoms with Crippen molar-refractivity contribution in [3.63, 3.8) is 0 Å². The van der Waals surface area contributed by atoms with E-state index in [-0.39, 0.29) is 5.91 Å². The molecule has 0 aromatic carbocycles. The molecular formula is C16H24N6O3. The molecule has 1 saturated heterocycles. The van der Waals surface area contributed by atoms with Gasteiger partial charge in [0.1, 0.15) is 0 Å². The first kappa shape index (κ1) is 17.2. The number of imidazole rings is 1. The van der Waals surface area contributed by atoms with Crippen LogP contribution in [0.2, 0.25) is 0 Å². The van der Waals surface area contributed by atoms with E-state index in [0.717, 1.165) is 6.42 Å². The lowest BCUT2D eigenvalue weighted by atomic mass is 10.2. The van der Waals surface area contributed by atoms with Gasteiger partial charge in [-0.05, 0) is 13.3 Å². The number of amides is 1. The van der Waals surface area contributed by atoms with Crippen LogP contribution in [-0.2, 0) is 18.4 Å². The van der Waals surface area contributed by atoms with Gasteiger partial charge in [-0.2, -0.15) is 4.98 Å². The van der Waals surface area contributed by atoms with Gasteiger partial charge in [0.15, 0.2) is 11.2 Å². The molecule has 2 aromatic rings. The Morgan fingerprint density at radius 1 is 1.16 bits per heavy atom. The van der Waals surface area contributed by atoms with E-state index >= 15 is 0 Å². The normalized spacial score (nSPS) is 15.2. The zero-order valence-electron chi connectivity index (χ0n) is 14.9. The van der Waals surface area contributed by atoms with Crippen molar-refractivity contribution in [3.05, 3.63) is 20.8 Å². The predicted octanol–water partition coefficient (Wildman–Crippen LogP) is -0.108. The van der Waals surface area contributed by atoms with Gasteiger partial charge in [0.2, 0.25) is 11.9 Å². The van der Waals surface area contributed by atoms with E-state index in [1.54, 1.807) is 7.05 Å². The number of aromatic nitrogens is 4. The molecule has 0 aliphatic carbocycles. The molecule has 1 aliphatic rings. The van der Waals surface area contributed by atoms with Gasteiger partial charge in [0.25, 0.3) is 5.56 Å². The number of anilines is 1. The second-order valence-electron chi connectivity index (χ2n) is 6.26. The zero-order chi connectivity index (χ0) is 18.1. The molecule has 9 nitrogen and oxygen atoms in total. The number of fused-ring (bicyclic) bond motifs is 1. The number of carbonyl (C=O) groups excluding carboxylic acids is 1.